The molecule has 4 N–H and O–H groups in total. The summed E-state index contributed by atoms with van der Waals surface area (Å²) in [5, 5.41) is 12.5. The first kappa shape index (κ1) is 15.7. The monoisotopic (exact) mass is 268 g/mol. The molecular formula is C14H24N2O3. The lowest BCUT2D eigenvalue weighted by Gasteiger charge is -2.19. The second-order valence-corrected chi connectivity index (χ2v) is 4.58. The zero-order valence-electron chi connectivity index (χ0n) is 11.5. The summed E-state index contributed by atoms with van der Waals surface area (Å²) in [6.07, 6.45) is 6.90. The van der Waals surface area contributed by atoms with Gasteiger partial charge in [0.15, 0.2) is 0 Å². The first-order valence-electron chi connectivity index (χ1n) is 6.79. The third kappa shape index (κ3) is 5.89. The maximum atomic E-state index is 11.0. The third-order valence-corrected chi connectivity index (χ3v) is 3.07. The van der Waals surface area contributed by atoms with Crippen molar-refractivity contribution in [2.75, 3.05) is 20.2 Å². The number of ether oxygens (including phenoxy) is 1. The van der Waals surface area contributed by atoms with Crippen molar-refractivity contribution in [2.45, 2.75) is 38.2 Å². The molecule has 0 aromatic rings. The van der Waals surface area contributed by atoms with Crippen LogP contribution >= 0.6 is 0 Å². The molecule has 5 nitrogen and oxygen atoms in total. The third-order valence-electron chi connectivity index (χ3n) is 3.07. The first-order valence-corrected chi connectivity index (χ1v) is 6.79. The van der Waals surface area contributed by atoms with Gasteiger partial charge in [0.1, 0.15) is 5.76 Å². The fourth-order valence-electron chi connectivity index (χ4n) is 1.95. The van der Waals surface area contributed by atoms with Crippen LogP contribution in [0.2, 0.25) is 0 Å². The number of nitrogens with one attached hydrogen (secondary N) is 1. The van der Waals surface area contributed by atoms with E-state index in [0.29, 0.717) is 32.4 Å². The van der Waals surface area contributed by atoms with Gasteiger partial charge in [0.25, 0.3) is 0 Å². The molecule has 1 atom stereocenters. The summed E-state index contributed by atoms with van der Waals surface area (Å²) in [5.41, 5.74) is 6.42. The van der Waals surface area contributed by atoms with Crippen molar-refractivity contribution in [3.8, 4) is 0 Å². The predicted octanol–water partition coefficient (Wildman–Crippen LogP) is 0.843. The van der Waals surface area contributed by atoms with Gasteiger partial charge in [-0.1, -0.05) is 0 Å². The molecule has 1 aliphatic carbocycles. The van der Waals surface area contributed by atoms with Crippen LogP contribution in [0.3, 0.4) is 0 Å². The van der Waals surface area contributed by atoms with Gasteiger partial charge in [-0.3, -0.25) is 4.79 Å². The molecule has 19 heavy (non-hydrogen) atoms. The number of aliphatic hydroxyl groups excluding tert-OH is 1. The summed E-state index contributed by atoms with van der Waals surface area (Å²) in [4.78, 5) is 11.0. The van der Waals surface area contributed by atoms with Crippen LogP contribution in [0.15, 0.2) is 23.5 Å². The highest BCUT2D eigenvalue weighted by molar-refractivity contribution is 5.75. The number of allylic oxidation sites excluding steroid dienone is 2. The van der Waals surface area contributed by atoms with E-state index in [1.165, 1.54) is 0 Å². The minimum absolute atomic E-state index is 0.0239. The molecular weight excluding hydrogens is 244 g/mol. The Morgan fingerprint density at radius 1 is 1.63 bits per heavy atom. The van der Waals surface area contributed by atoms with Crippen LogP contribution in [0.5, 0.6) is 0 Å². The van der Waals surface area contributed by atoms with Gasteiger partial charge < -0.3 is 20.9 Å². The van der Waals surface area contributed by atoms with Gasteiger partial charge in [-0.2, -0.15) is 0 Å². The highest BCUT2D eigenvalue weighted by Crippen LogP contribution is 2.22. The molecule has 1 rings (SSSR count). The van der Waals surface area contributed by atoms with Crippen LogP contribution in [-0.4, -0.2) is 37.3 Å². The van der Waals surface area contributed by atoms with Gasteiger partial charge in [0, 0.05) is 13.5 Å². The van der Waals surface area contributed by atoms with E-state index in [0.717, 1.165) is 24.2 Å². The molecule has 0 aliphatic heterocycles. The highest BCUT2D eigenvalue weighted by Gasteiger charge is 2.14. The Balaban J connectivity index is 2.33. The molecule has 5 heteroatoms. The lowest BCUT2D eigenvalue weighted by atomic mass is 9.97. The van der Waals surface area contributed by atoms with E-state index in [4.69, 9.17) is 10.5 Å². The Labute approximate surface area is 114 Å². The lowest BCUT2D eigenvalue weighted by Crippen LogP contribution is -2.18. The topological polar surface area (TPSA) is 84.6 Å². The molecule has 0 aromatic carbocycles. The van der Waals surface area contributed by atoms with Crippen LogP contribution in [0.4, 0.5) is 0 Å². The number of rotatable bonds is 8. The van der Waals surface area contributed by atoms with Crippen LogP contribution in [-0.2, 0) is 9.53 Å². The Bertz CT molecular complexity index is 351. The van der Waals surface area contributed by atoms with E-state index in [-0.39, 0.29) is 5.91 Å². The van der Waals surface area contributed by atoms with Gasteiger partial charge in [0.2, 0.25) is 5.91 Å². The van der Waals surface area contributed by atoms with Crippen molar-refractivity contribution in [1.29, 1.82) is 0 Å². The van der Waals surface area contributed by atoms with E-state index >= 15 is 0 Å². The van der Waals surface area contributed by atoms with Crippen LogP contribution in [0.1, 0.15) is 32.1 Å². The Kier molecular flexibility index (Phi) is 7.22. The molecule has 108 valence electrons. The van der Waals surface area contributed by atoms with Gasteiger partial charge in [-0.05, 0) is 50.0 Å². The maximum absolute atomic E-state index is 11.0. The molecule has 0 aromatic heterocycles. The fraction of sp³-hybridized carbons (Fsp3) is 0.643. The fourth-order valence-corrected chi connectivity index (χ4v) is 1.95. The average molecular weight is 268 g/mol. The summed E-state index contributed by atoms with van der Waals surface area (Å²) >= 11 is 0. The summed E-state index contributed by atoms with van der Waals surface area (Å²) in [5.74, 6) is 0.810. The van der Waals surface area contributed by atoms with Crippen molar-refractivity contribution in [1.82, 2.24) is 5.32 Å². The second kappa shape index (κ2) is 8.72. The van der Waals surface area contributed by atoms with E-state index in [9.17, 15) is 9.90 Å². The van der Waals surface area contributed by atoms with Crippen LogP contribution in [0.25, 0.3) is 0 Å². The zero-order chi connectivity index (χ0) is 14.1. The number of carbonyl (C=O) groups excluding carboxylic acids is 1. The molecule has 1 unspecified atom stereocenters. The molecule has 0 spiro atoms. The largest absolute Gasteiger partial charge is 0.494 e. The summed E-state index contributed by atoms with van der Waals surface area (Å²) < 4.78 is 5.60. The molecule has 0 radical (unpaired) electrons. The number of nitrogens with two attached hydrogens (primary N) is 1. The van der Waals surface area contributed by atoms with E-state index in [1.54, 1.807) is 7.05 Å². The maximum Gasteiger partial charge on any atom is 0.219 e. The van der Waals surface area contributed by atoms with Gasteiger partial charge in [-0.15, -0.1) is 0 Å². The molecule has 0 fully saturated rings. The first-order chi connectivity index (χ1) is 9.17. The molecule has 0 saturated heterocycles. The van der Waals surface area contributed by atoms with Gasteiger partial charge in [-0.25, -0.2) is 0 Å². The van der Waals surface area contributed by atoms with E-state index < -0.39 is 6.10 Å². The van der Waals surface area contributed by atoms with Crippen LogP contribution < -0.4 is 11.1 Å². The number of hydrogen-bond donors (Lipinski definition) is 3. The van der Waals surface area contributed by atoms with Crippen LogP contribution in [0, 0.1) is 0 Å². The van der Waals surface area contributed by atoms with Crippen molar-refractivity contribution in [3.63, 3.8) is 0 Å². The van der Waals surface area contributed by atoms with Crippen molar-refractivity contribution < 1.29 is 14.6 Å². The molecule has 0 saturated carbocycles. The SMILES string of the molecule is CNC(=O)CCCOC1=CCCC(C(O)CCN)=C1. The number of carbonyl (C=O) groups is 1. The summed E-state index contributed by atoms with van der Waals surface area (Å²) in [7, 11) is 1.63. The Morgan fingerprint density at radius 3 is 3.11 bits per heavy atom. The predicted molar refractivity (Wildman–Crippen MR) is 74.3 cm³/mol. The minimum atomic E-state index is -0.469. The summed E-state index contributed by atoms with van der Waals surface area (Å²) in [6.45, 7) is 0.987. The van der Waals surface area contributed by atoms with Crippen molar-refractivity contribution in [2.24, 2.45) is 5.73 Å². The number of aliphatic hydroxyl groups is 1. The lowest BCUT2D eigenvalue weighted by molar-refractivity contribution is -0.120. The Hall–Kier alpha value is -1.33. The quantitative estimate of drug-likeness (QED) is 0.570. The highest BCUT2D eigenvalue weighted by atomic mass is 16.5. The van der Waals surface area contributed by atoms with E-state index in [1.807, 2.05) is 12.2 Å². The Morgan fingerprint density at radius 2 is 2.42 bits per heavy atom. The molecule has 0 heterocycles. The number of hydrogen-bond acceptors (Lipinski definition) is 4. The van der Waals surface area contributed by atoms with Crippen molar-refractivity contribution >= 4 is 5.91 Å². The van der Waals surface area contributed by atoms with Crippen molar-refractivity contribution in [3.05, 3.63) is 23.5 Å². The van der Waals surface area contributed by atoms with Gasteiger partial charge >= 0.3 is 0 Å². The molecule has 1 amide bonds. The normalized spacial score (nSPS) is 16.4. The van der Waals surface area contributed by atoms with E-state index in [2.05, 4.69) is 5.32 Å². The summed E-state index contributed by atoms with van der Waals surface area (Å²) in [6, 6.07) is 0. The molecule has 1 aliphatic rings. The van der Waals surface area contributed by atoms with Gasteiger partial charge in [0.05, 0.1) is 12.7 Å². The standard InChI is InChI=1S/C14H24N2O3/c1-16-14(18)6-3-9-19-12-5-2-4-11(10-12)13(17)7-8-15/h5,10,13,17H,2-4,6-9,15H2,1H3,(H,16,18). The molecule has 0 bridgehead atoms. The average Bonchev–Trinajstić information content (AvgIpc) is 2.44. The number of amides is 1. The smallest absolute Gasteiger partial charge is 0.219 e. The minimum Gasteiger partial charge on any atom is -0.494 e. The second-order valence-electron chi connectivity index (χ2n) is 4.58. The zero-order valence-corrected chi connectivity index (χ0v) is 11.5.